The summed E-state index contributed by atoms with van der Waals surface area (Å²) in [7, 11) is 0. The first-order chi connectivity index (χ1) is 5.27. The van der Waals surface area contributed by atoms with Crippen LogP contribution in [0.3, 0.4) is 0 Å². The Kier molecular flexibility index (Phi) is 7.08. The normalized spacial score (nSPS) is 7.73. The molecule has 0 bridgehead atoms. The van der Waals surface area contributed by atoms with Crippen molar-refractivity contribution in [3.05, 3.63) is 22.9 Å². The maximum absolute atomic E-state index is 5.02. The summed E-state index contributed by atoms with van der Waals surface area (Å²) in [6.07, 6.45) is 0. The molecule has 0 aromatic carbocycles. The van der Waals surface area contributed by atoms with Gasteiger partial charge in [-0.25, -0.2) is 0 Å². The van der Waals surface area contributed by atoms with Crippen LogP contribution < -0.4 is 11.1 Å². The summed E-state index contributed by atoms with van der Waals surface area (Å²) in [5.74, 6) is 0. The SMILES string of the molecule is CCNC(N)=S.c1ccsc1. The molecule has 1 heterocycles. The Balaban J connectivity index is 0.000000183. The van der Waals surface area contributed by atoms with Crippen molar-refractivity contribution < 1.29 is 0 Å². The molecule has 4 heteroatoms. The van der Waals surface area contributed by atoms with Gasteiger partial charge < -0.3 is 11.1 Å². The molecule has 0 fully saturated rings. The molecule has 1 rings (SSSR count). The van der Waals surface area contributed by atoms with Crippen LogP contribution in [-0.4, -0.2) is 11.7 Å². The van der Waals surface area contributed by atoms with E-state index in [2.05, 4.69) is 17.5 Å². The van der Waals surface area contributed by atoms with Crippen molar-refractivity contribution in [1.82, 2.24) is 5.32 Å². The Hall–Kier alpha value is -0.610. The van der Waals surface area contributed by atoms with Crippen LogP contribution in [0.5, 0.6) is 0 Å². The molecule has 0 unspecified atom stereocenters. The van der Waals surface area contributed by atoms with E-state index in [0.29, 0.717) is 5.11 Å². The molecule has 3 N–H and O–H groups in total. The summed E-state index contributed by atoms with van der Waals surface area (Å²) >= 11 is 6.17. The lowest BCUT2D eigenvalue weighted by Gasteiger charge is -1.92. The number of nitrogens with two attached hydrogens (primary N) is 1. The quantitative estimate of drug-likeness (QED) is 0.657. The first-order valence-corrected chi connectivity index (χ1v) is 4.63. The number of nitrogens with one attached hydrogen (secondary N) is 1. The molecule has 1 aromatic heterocycles. The summed E-state index contributed by atoms with van der Waals surface area (Å²) < 4.78 is 0. The Morgan fingerprint density at radius 2 is 2.09 bits per heavy atom. The van der Waals surface area contributed by atoms with E-state index in [9.17, 15) is 0 Å². The molecule has 0 amide bonds. The van der Waals surface area contributed by atoms with Gasteiger partial charge in [-0.2, -0.15) is 11.3 Å². The molecule has 0 radical (unpaired) electrons. The number of hydrogen-bond acceptors (Lipinski definition) is 2. The highest BCUT2D eigenvalue weighted by atomic mass is 32.1. The van der Waals surface area contributed by atoms with Crippen molar-refractivity contribution >= 4 is 28.7 Å². The van der Waals surface area contributed by atoms with E-state index >= 15 is 0 Å². The second kappa shape index (κ2) is 7.50. The summed E-state index contributed by atoms with van der Waals surface area (Å²) in [6, 6.07) is 4.04. The zero-order valence-corrected chi connectivity index (χ0v) is 8.04. The van der Waals surface area contributed by atoms with E-state index in [1.807, 2.05) is 29.8 Å². The van der Waals surface area contributed by atoms with Crippen LogP contribution in [0.25, 0.3) is 0 Å². The van der Waals surface area contributed by atoms with Gasteiger partial charge in [0, 0.05) is 6.54 Å². The molecule has 0 aliphatic carbocycles. The fourth-order valence-corrected chi connectivity index (χ4v) is 0.999. The second-order valence-electron chi connectivity index (χ2n) is 1.69. The van der Waals surface area contributed by atoms with Gasteiger partial charge in [0.1, 0.15) is 0 Å². The predicted octanol–water partition coefficient (Wildman–Crippen LogP) is 1.59. The Morgan fingerprint density at radius 1 is 1.55 bits per heavy atom. The van der Waals surface area contributed by atoms with E-state index in [1.54, 1.807) is 11.3 Å². The molecular formula is C7H12N2S2. The van der Waals surface area contributed by atoms with Gasteiger partial charge in [0.2, 0.25) is 0 Å². The summed E-state index contributed by atoms with van der Waals surface area (Å²) in [5.41, 5.74) is 5.02. The van der Waals surface area contributed by atoms with Crippen LogP contribution in [-0.2, 0) is 0 Å². The topological polar surface area (TPSA) is 38.0 Å². The average molecular weight is 188 g/mol. The van der Waals surface area contributed by atoms with Crippen molar-refractivity contribution in [2.45, 2.75) is 6.92 Å². The third-order valence-electron chi connectivity index (χ3n) is 0.776. The van der Waals surface area contributed by atoms with Crippen molar-refractivity contribution in [1.29, 1.82) is 0 Å². The lowest BCUT2D eigenvalue weighted by atomic mass is 10.7. The van der Waals surface area contributed by atoms with E-state index in [1.165, 1.54) is 0 Å². The van der Waals surface area contributed by atoms with Gasteiger partial charge in [0.15, 0.2) is 5.11 Å². The van der Waals surface area contributed by atoms with Gasteiger partial charge in [0.25, 0.3) is 0 Å². The van der Waals surface area contributed by atoms with Crippen molar-refractivity contribution in [3.8, 4) is 0 Å². The maximum atomic E-state index is 5.02. The minimum atomic E-state index is 0.373. The van der Waals surface area contributed by atoms with Crippen molar-refractivity contribution in [3.63, 3.8) is 0 Å². The Morgan fingerprint density at radius 3 is 2.18 bits per heavy atom. The maximum Gasteiger partial charge on any atom is 0.163 e. The van der Waals surface area contributed by atoms with Crippen LogP contribution in [0.2, 0.25) is 0 Å². The number of hydrogen-bond donors (Lipinski definition) is 2. The predicted molar refractivity (Wildman–Crippen MR) is 54.8 cm³/mol. The van der Waals surface area contributed by atoms with Gasteiger partial charge in [-0.1, -0.05) is 12.1 Å². The van der Waals surface area contributed by atoms with Gasteiger partial charge in [-0.05, 0) is 29.9 Å². The van der Waals surface area contributed by atoms with Crippen LogP contribution in [0, 0.1) is 0 Å². The van der Waals surface area contributed by atoms with E-state index in [0.717, 1.165) is 6.54 Å². The molecule has 0 atom stereocenters. The number of thiocarbonyl (C=S) groups is 1. The largest absolute Gasteiger partial charge is 0.376 e. The van der Waals surface area contributed by atoms with Gasteiger partial charge in [-0.15, -0.1) is 0 Å². The average Bonchev–Trinajstić information content (AvgIpc) is 2.41. The molecule has 2 nitrogen and oxygen atoms in total. The fraction of sp³-hybridized carbons (Fsp3) is 0.286. The third-order valence-corrected chi connectivity index (χ3v) is 1.55. The summed E-state index contributed by atoms with van der Waals surface area (Å²) in [5, 5.41) is 7.17. The van der Waals surface area contributed by atoms with Crippen LogP contribution in [0.15, 0.2) is 22.9 Å². The van der Waals surface area contributed by atoms with E-state index in [4.69, 9.17) is 5.73 Å². The molecule has 0 saturated heterocycles. The van der Waals surface area contributed by atoms with Gasteiger partial charge >= 0.3 is 0 Å². The molecule has 0 aliphatic rings. The standard InChI is InChI=1S/C4H4S.C3H8N2S/c1-2-4-5-3-1;1-2-5-3(4)6/h1-4H;2H2,1H3,(H3,4,5,6). The van der Waals surface area contributed by atoms with E-state index < -0.39 is 0 Å². The smallest absolute Gasteiger partial charge is 0.163 e. The van der Waals surface area contributed by atoms with Gasteiger partial charge in [-0.3, -0.25) is 0 Å². The fourth-order valence-electron chi connectivity index (χ4n) is 0.401. The minimum Gasteiger partial charge on any atom is -0.376 e. The van der Waals surface area contributed by atoms with Gasteiger partial charge in [0.05, 0.1) is 0 Å². The Labute approximate surface area is 76.4 Å². The first kappa shape index (κ1) is 10.4. The van der Waals surface area contributed by atoms with Crippen LogP contribution in [0.1, 0.15) is 6.92 Å². The highest BCUT2D eigenvalue weighted by molar-refractivity contribution is 7.80. The zero-order valence-electron chi connectivity index (χ0n) is 6.41. The molecule has 0 spiro atoms. The zero-order chi connectivity index (χ0) is 8.53. The van der Waals surface area contributed by atoms with Crippen LogP contribution in [0.4, 0.5) is 0 Å². The number of rotatable bonds is 1. The van der Waals surface area contributed by atoms with Crippen LogP contribution >= 0.6 is 23.6 Å². The molecule has 0 aliphatic heterocycles. The monoisotopic (exact) mass is 188 g/mol. The molecule has 1 aromatic rings. The summed E-state index contributed by atoms with van der Waals surface area (Å²) in [6.45, 7) is 2.76. The molecule has 11 heavy (non-hydrogen) atoms. The molecular weight excluding hydrogens is 176 g/mol. The highest BCUT2D eigenvalue weighted by Crippen LogP contribution is 1.91. The third kappa shape index (κ3) is 9.39. The Bertz CT molecular complexity index is 155. The molecule has 0 saturated carbocycles. The number of thiophene rings is 1. The van der Waals surface area contributed by atoms with E-state index in [-0.39, 0.29) is 0 Å². The summed E-state index contributed by atoms with van der Waals surface area (Å²) in [4.78, 5) is 0. The lowest BCUT2D eigenvalue weighted by molar-refractivity contribution is 0.973. The first-order valence-electron chi connectivity index (χ1n) is 3.27. The highest BCUT2D eigenvalue weighted by Gasteiger charge is 1.73. The van der Waals surface area contributed by atoms with Crippen molar-refractivity contribution in [2.24, 2.45) is 5.73 Å². The minimum absolute atomic E-state index is 0.373. The van der Waals surface area contributed by atoms with Crippen molar-refractivity contribution in [2.75, 3.05) is 6.54 Å². The lowest BCUT2D eigenvalue weighted by Crippen LogP contribution is -2.28. The molecule has 62 valence electrons. The second-order valence-corrected chi connectivity index (χ2v) is 2.94.